The van der Waals surface area contributed by atoms with Crippen molar-refractivity contribution in [3.63, 3.8) is 0 Å². The van der Waals surface area contributed by atoms with Crippen LogP contribution in [0.1, 0.15) is 24.2 Å². The SMILES string of the molecule is c1ccc(-c2cc(-c3nc(Cc4cccnc4)nn3CC3CCOCC3)ccn2)cc1. The van der Waals surface area contributed by atoms with Crippen LogP contribution in [0.4, 0.5) is 0 Å². The van der Waals surface area contributed by atoms with Crippen LogP contribution >= 0.6 is 0 Å². The van der Waals surface area contributed by atoms with E-state index in [0.29, 0.717) is 12.3 Å². The topological polar surface area (TPSA) is 65.7 Å². The second-order valence-electron chi connectivity index (χ2n) is 7.92. The summed E-state index contributed by atoms with van der Waals surface area (Å²) in [7, 11) is 0. The highest BCUT2D eigenvalue weighted by Crippen LogP contribution is 2.26. The summed E-state index contributed by atoms with van der Waals surface area (Å²) in [6, 6.07) is 18.4. The van der Waals surface area contributed by atoms with Gasteiger partial charge in [0.25, 0.3) is 0 Å². The molecule has 0 amide bonds. The van der Waals surface area contributed by atoms with E-state index >= 15 is 0 Å². The van der Waals surface area contributed by atoms with E-state index < -0.39 is 0 Å². The third kappa shape index (κ3) is 4.70. The molecule has 4 aromatic rings. The Morgan fingerprint density at radius 1 is 0.935 bits per heavy atom. The second-order valence-corrected chi connectivity index (χ2v) is 7.92. The number of pyridine rings is 2. The molecule has 156 valence electrons. The smallest absolute Gasteiger partial charge is 0.158 e. The van der Waals surface area contributed by atoms with Crippen molar-refractivity contribution in [2.75, 3.05) is 13.2 Å². The Kier molecular flexibility index (Phi) is 5.80. The van der Waals surface area contributed by atoms with Crippen molar-refractivity contribution in [1.29, 1.82) is 0 Å². The van der Waals surface area contributed by atoms with Crippen LogP contribution in [0.2, 0.25) is 0 Å². The molecular weight excluding hydrogens is 386 g/mol. The minimum atomic E-state index is 0.552. The van der Waals surface area contributed by atoms with Gasteiger partial charge >= 0.3 is 0 Å². The van der Waals surface area contributed by atoms with Gasteiger partial charge in [-0.3, -0.25) is 9.97 Å². The quantitative estimate of drug-likeness (QED) is 0.470. The predicted octanol–water partition coefficient (Wildman–Crippen LogP) is 4.42. The Morgan fingerprint density at radius 2 is 1.81 bits per heavy atom. The highest BCUT2D eigenvalue weighted by molar-refractivity contribution is 5.66. The number of hydrogen-bond acceptors (Lipinski definition) is 5. The molecule has 31 heavy (non-hydrogen) atoms. The summed E-state index contributed by atoms with van der Waals surface area (Å²) in [6.45, 7) is 2.50. The molecule has 4 heterocycles. The minimum Gasteiger partial charge on any atom is -0.381 e. The van der Waals surface area contributed by atoms with Gasteiger partial charge in [0.15, 0.2) is 11.6 Å². The number of hydrogen-bond donors (Lipinski definition) is 0. The Balaban J connectivity index is 1.50. The van der Waals surface area contributed by atoms with E-state index in [9.17, 15) is 0 Å². The standard InChI is InChI=1S/C25H25N5O/c1-2-6-21(7-3-1)23-16-22(8-12-27-23)25-28-24(15-20-5-4-11-26-17-20)29-30(25)18-19-9-13-31-14-10-19/h1-8,11-12,16-17,19H,9-10,13-15,18H2. The first-order valence-electron chi connectivity index (χ1n) is 10.8. The molecule has 6 nitrogen and oxygen atoms in total. The Labute approximate surface area is 182 Å². The van der Waals surface area contributed by atoms with Gasteiger partial charge in [-0.25, -0.2) is 9.67 Å². The number of nitrogens with zero attached hydrogens (tertiary/aromatic N) is 5. The second kappa shape index (κ2) is 9.18. The Morgan fingerprint density at radius 3 is 2.61 bits per heavy atom. The van der Waals surface area contributed by atoms with Gasteiger partial charge in [0, 0.05) is 55.9 Å². The largest absolute Gasteiger partial charge is 0.381 e. The Bertz CT molecular complexity index is 1120. The van der Waals surface area contributed by atoms with Crippen LogP contribution < -0.4 is 0 Å². The van der Waals surface area contributed by atoms with Crippen molar-refractivity contribution in [2.24, 2.45) is 5.92 Å². The number of aromatic nitrogens is 5. The van der Waals surface area contributed by atoms with Crippen molar-refractivity contribution in [1.82, 2.24) is 24.7 Å². The molecular formula is C25H25N5O. The molecule has 0 spiro atoms. The van der Waals surface area contributed by atoms with E-state index in [1.54, 1.807) is 6.20 Å². The Hall–Kier alpha value is -3.38. The molecule has 5 rings (SSSR count). The average molecular weight is 412 g/mol. The van der Waals surface area contributed by atoms with Crippen molar-refractivity contribution in [3.05, 3.63) is 84.6 Å². The lowest BCUT2D eigenvalue weighted by atomic mass is 10.0. The van der Waals surface area contributed by atoms with Gasteiger partial charge in [0.05, 0.1) is 5.69 Å². The van der Waals surface area contributed by atoms with E-state index in [-0.39, 0.29) is 0 Å². The maximum Gasteiger partial charge on any atom is 0.158 e. The summed E-state index contributed by atoms with van der Waals surface area (Å²) >= 11 is 0. The molecule has 0 saturated carbocycles. The van der Waals surface area contributed by atoms with Gasteiger partial charge in [0.2, 0.25) is 0 Å². The van der Waals surface area contributed by atoms with Gasteiger partial charge in [-0.1, -0.05) is 36.4 Å². The number of rotatable bonds is 6. The van der Waals surface area contributed by atoms with Crippen LogP contribution in [0.25, 0.3) is 22.6 Å². The summed E-state index contributed by atoms with van der Waals surface area (Å²) in [5, 5.41) is 4.89. The molecule has 1 saturated heterocycles. The van der Waals surface area contributed by atoms with Gasteiger partial charge in [0.1, 0.15) is 0 Å². The molecule has 0 unspecified atom stereocenters. The summed E-state index contributed by atoms with van der Waals surface area (Å²) in [5.41, 5.74) is 4.17. The van der Waals surface area contributed by atoms with E-state index in [4.69, 9.17) is 14.8 Å². The van der Waals surface area contributed by atoms with Gasteiger partial charge in [-0.2, -0.15) is 5.10 Å². The van der Waals surface area contributed by atoms with E-state index in [2.05, 4.69) is 38.9 Å². The summed E-state index contributed by atoms with van der Waals surface area (Å²) in [4.78, 5) is 13.7. The third-order valence-corrected chi connectivity index (χ3v) is 5.66. The molecule has 3 aromatic heterocycles. The van der Waals surface area contributed by atoms with Crippen LogP contribution in [0.3, 0.4) is 0 Å². The fourth-order valence-electron chi connectivity index (χ4n) is 4.00. The third-order valence-electron chi connectivity index (χ3n) is 5.66. The minimum absolute atomic E-state index is 0.552. The van der Waals surface area contributed by atoms with Crippen molar-refractivity contribution < 1.29 is 4.74 Å². The van der Waals surface area contributed by atoms with Crippen molar-refractivity contribution >= 4 is 0 Å². The fraction of sp³-hybridized carbons (Fsp3) is 0.280. The van der Waals surface area contributed by atoms with Gasteiger partial charge in [-0.15, -0.1) is 0 Å². The van der Waals surface area contributed by atoms with Crippen LogP contribution in [0, 0.1) is 5.92 Å². The summed E-state index contributed by atoms with van der Waals surface area (Å²) in [5.74, 6) is 2.26. The van der Waals surface area contributed by atoms with Crippen LogP contribution in [-0.2, 0) is 17.7 Å². The van der Waals surface area contributed by atoms with Gasteiger partial charge < -0.3 is 4.74 Å². The first-order chi connectivity index (χ1) is 15.3. The van der Waals surface area contributed by atoms with Crippen molar-refractivity contribution in [3.8, 4) is 22.6 Å². The van der Waals surface area contributed by atoms with Crippen LogP contribution in [0.5, 0.6) is 0 Å². The zero-order valence-electron chi connectivity index (χ0n) is 17.4. The fourth-order valence-corrected chi connectivity index (χ4v) is 4.00. The molecule has 6 heteroatoms. The molecule has 1 aromatic carbocycles. The normalized spacial score (nSPS) is 14.6. The lowest BCUT2D eigenvalue weighted by molar-refractivity contribution is 0.0602. The number of benzene rings is 1. The molecule has 0 atom stereocenters. The molecule has 1 aliphatic rings. The lowest BCUT2D eigenvalue weighted by Crippen LogP contribution is -2.21. The van der Waals surface area contributed by atoms with Crippen LogP contribution in [0.15, 0.2) is 73.2 Å². The van der Waals surface area contributed by atoms with Gasteiger partial charge in [-0.05, 0) is 42.5 Å². The molecule has 0 radical (unpaired) electrons. The lowest BCUT2D eigenvalue weighted by Gasteiger charge is -2.22. The number of ether oxygens (including phenoxy) is 1. The summed E-state index contributed by atoms with van der Waals surface area (Å²) < 4.78 is 7.62. The molecule has 0 N–H and O–H groups in total. The monoisotopic (exact) mass is 411 g/mol. The molecule has 0 bridgehead atoms. The van der Waals surface area contributed by atoms with E-state index in [0.717, 1.165) is 66.6 Å². The molecule has 1 fully saturated rings. The maximum absolute atomic E-state index is 5.54. The predicted molar refractivity (Wildman–Crippen MR) is 119 cm³/mol. The summed E-state index contributed by atoms with van der Waals surface area (Å²) in [6.07, 6.45) is 8.29. The highest BCUT2D eigenvalue weighted by Gasteiger charge is 2.19. The molecule has 1 aliphatic heterocycles. The maximum atomic E-state index is 5.54. The van der Waals surface area contributed by atoms with E-state index in [1.165, 1.54) is 0 Å². The van der Waals surface area contributed by atoms with E-state index in [1.807, 2.05) is 42.7 Å². The first-order valence-corrected chi connectivity index (χ1v) is 10.8. The highest BCUT2D eigenvalue weighted by atomic mass is 16.5. The zero-order valence-corrected chi connectivity index (χ0v) is 17.4. The first kappa shape index (κ1) is 19.6. The van der Waals surface area contributed by atoms with Crippen molar-refractivity contribution in [2.45, 2.75) is 25.8 Å². The average Bonchev–Trinajstić information content (AvgIpc) is 3.23. The zero-order chi connectivity index (χ0) is 20.9. The van der Waals surface area contributed by atoms with Crippen LogP contribution in [-0.4, -0.2) is 37.9 Å². The molecule has 0 aliphatic carbocycles.